The third-order valence-corrected chi connectivity index (χ3v) is 4.02. The van der Waals surface area contributed by atoms with Crippen molar-refractivity contribution in [2.75, 3.05) is 5.32 Å². The molecule has 0 fully saturated rings. The van der Waals surface area contributed by atoms with Gasteiger partial charge in [0, 0.05) is 27.8 Å². The van der Waals surface area contributed by atoms with Gasteiger partial charge in [0.25, 0.3) is 5.69 Å². The molecule has 18 heavy (non-hydrogen) atoms. The summed E-state index contributed by atoms with van der Waals surface area (Å²) in [6.45, 7) is 8.21. The molecule has 0 aliphatic heterocycles. The summed E-state index contributed by atoms with van der Waals surface area (Å²) in [5, 5.41) is 14.2. The predicted molar refractivity (Wildman–Crippen MR) is 78.1 cm³/mol. The van der Waals surface area contributed by atoms with Crippen molar-refractivity contribution in [3.8, 4) is 0 Å². The van der Waals surface area contributed by atoms with Gasteiger partial charge in [0.15, 0.2) is 0 Å². The van der Waals surface area contributed by atoms with Gasteiger partial charge in [-0.3, -0.25) is 10.1 Å². The maximum atomic E-state index is 10.8. The highest BCUT2D eigenvalue weighted by Gasteiger charge is 2.16. The normalized spacial score (nSPS) is 14.1. The number of nitro benzene ring substituents is 1. The van der Waals surface area contributed by atoms with Crippen LogP contribution >= 0.6 is 15.9 Å². The van der Waals surface area contributed by atoms with Crippen LogP contribution < -0.4 is 5.32 Å². The number of nitrogens with zero attached hydrogens (tertiary/aromatic N) is 1. The van der Waals surface area contributed by atoms with Gasteiger partial charge in [0.1, 0.15) is 0 Å². The Balaban J connectivity index is 2.98. The van der Waals surface area contributed by atoms with Crippen molar-refractivity contribution in [2.45, 2.75) is 40.2 Å². The van der Waals surface area contributed by atoms with Crippen LogP contribution in [0.4, 0.5) is 11.4 Å². The van der Waals surface area contributed by atoms with Gasteiger partial charge in [0.05, 0.1) is 4.92 Å². The minimum absolute atomic E-state index is 0.142. The van der Waals surface area contributed by atoms with Crippen molar-refractivity contribution >= 4 is 27.3 Å². The smallest absolute Gasteiger partial charge is 0.273 e. The highest BCUT2D eigenvalue weighted by atomic mass is 79.9. The first-order valence-corrected chi connectivity index (χ1v) is 6.87. The van der Waals surface area contributed by atoms with E-state index in [9.17, 15) is 10.1 Å². The maximum Gasteiger partial charge on any atom is 0.273 e. The van der Waals surface area contributed by atoms with E-state index in [-0.39, 0.29) is 10.6 Å². The van der Waals surface area contributed by atoms with Crippen LogP contribution in [0.15, 0.2) is 16.6 Å². The molecular formula is C13H19BrN2O2. The molecule has 5 heteroatoms. The largest absolute Gasteiger partial charge is 0.381 e. The average Bonchev–Trinajstić information content (AvgIpc) is 2.31. The van der Waals surface area contributed by atoms with Crippen molar-refractivity contribution < 1.29 is 4.92 Å². The van der Waals surface area contributed by atoms with E-state index in [0.29, 0.717) is 17.5 Å². The van der Waals surface area contributed by atoms with Crippen LogP contribution in [0.1, 0.15) is 32.8 Å². The van der Waals surface area contributed by atoms with Crippen LogP contribution in [0.5, 0.6) is 0 Å². The highest BCUT2D eigenvalue weighted by molar-refractivity contribution is 9.10. The molecule has 0 saturated carbocycles. The lowest BCUT2D eigenvalue weighted by Crippen LogP contribution is -2.23. The van der Waals surface area contributed by atoms with Gasteiger partial charge in [-0.2, -0.15) is 0 Å². The first kappa shape index (κ1) is 15.0. The fourth-order valence-corrected chi connectivity index (χ4v) is 2.17. The van der Waals surface area contributed by atoms with Crippen LogP contribution in [0, 0.1) is 23.0 Å². The number of anilines is 1. The Morgan fingerprint density at radius 1 is 1.44 bits per heavy atom. The third-order valence-electron chi connectivity index (χ3n) is 3.36. The summed E-state index contributed by atoms with van der Waals surface area (Å²) >= 11 is 3.38. The van der Waals surface area contributed by atoms with Crippen molar-refractivity contribution in [1.29, 1.82) is 0 Å². The molecule has 1 aromatic carbocycles. The Kier molecular flexibility index (Phi) is 5.14. The van der Waals surface area contributed by atoms with E-state index in [1.54, 1.807) is 13.0 Å². The molecule has 0 aromatic heterocycles. The standard InChI is InChI=1S/C13H19BrN2O2/c1-5-8(2)10(4)15-12-6-9(3)13(16(17)18)7-11(12)14/h6-8,10,15H,5H2,1-4H3. The van der Waals surface area contributed by atoms with Crippen LogP contribution in [-0.2, 0) is 0 Å². The van der Waals surface area contributed by atoms with Crippen molar-refractivity contribution in [3.05, 3.63) is 32.3 Å². The Bertz CT molecular complexity index is 449. The molecule has 1 rings (SSSR count). The second kappa shape index (κ2) is 6.18. The van der Waals surface area contributed by atoms with Gasteiger partial charge in [-0.05, 0) is 41.8 Å². The second-order valence-electron chi connectivity index (χ2n) is 4.69. The van der Waals surface area contributed by atoms with Crippen molar-refractivity contribution in [3.63, 3.8) is 0 Å². The Morgan fingerprint density at radius 2 is 2.06 bits per heavy atom. The first-order chi connectivity index (χ1) is 8.36. The van der Waals surface area contributed by atoms with Crippen LogP contribution in [0.25, 0.3) is 0 Å². The fourth-order valence-electron chi connectivity index (χ4n) is 1.72. The van der Waals surface area contributed by atoms with E-state index in [1.165, 1.54) is 0 Å². The van der Waals surface area contributed by atoms with Crippen molar-refractivity contribution in [1.82, 2.24) is 0 Å². The van der Waals surface area contributed by atoms with Gasteiger partial charge in [-0.1, -0.05) is 20.3 Å². The SMILES string of the molecule is CCC(C)C(C)Nc1cc(C)c([N+](=O)[O-])cc1Br. The van der Waals surface area contributed by atoms with E-state index in [2.05, 4.69) is 42.0 Å². The number of nitro groups is 1. The summed E-state index contributed by atoms with van der Waals surface area (Å²) in [4.78, 5) is 10.5. The molecular weight excluding hydrogens is 296 g/mol. The molecule has 0 radical (unpaired) electrons. The Morgan fingerprint density at radius 3 is 2.56 bits per heavy atom. The zero-order chi connectivity index (χ0) is 13.9. The summed E-state index contributed by atoms with van der Waals surface area (Å²) in [5.74, 6) is 0.549. The molecule has 1 N–H and O–H groups in total. The van der Waals surface area contributed by atoms with E-state index in [0.717, 1.165) is 16.6 Å². The van der Waals surface area contributed by atoms with E-state index < -0.39 is 0 Å². The summed E-state index contributed by atoms with van der Waals surface area (Å²) in [6.07, 6.45) is 1.09. The molecule has 0 aliphatic carbocycles. The van der Waals surface area contributed by atoms with Gasteiger partial charge in [-0.15, -0.1) is 0 Å². The number of aryl methyl sites for hydroxylation is 1. The first-order valence-electron chi connectivity index (χ1n) is 6.07. The Hall–Kier alpha value is -1.10. The zero-order valence-electron chi connectivity index (χ0n) is 11.2. The second-order valence-corrected chi connectivity index (χ2v) is 5.55. The fraction of sp³-hybridized carbons (Fsp3) is 0.538. The molecule has 0 amide bonds. The molecule has 0 bridgehead atoms. The molecule has 4 nitrogen and oxygen atoms in total. The van der Waals surface area contributed by atoms with E-state index >= 15 is 0 Å². The number of hydrogen-bond acceptors (Lipinski definition) is 3. The molecule has 0 heterocycles. The minimum atomic E-state index is -0.359. The average molecular weight is 315 g/mol. The Labute approximate surface area is 116 Å². The van der Waals surface area contributed by atoms with E-state index in [4.69, 9.17) is 0 Å². The summed E-state index contributed by atoms with van der Waals surface area (Å²) in [5.41, 5.74) is 1.72. The molecule has 100 valence electrons. The van der Waals surface area contributed by atoms with E-state index in [1.807, 2.05) is 6.07 Å². The molecule has 1 aromatic rings. The van der Waals surface area contributed by atoms with Gasteiger partial charge in [0.2, 0.25) is 0 Å². The van der Waals surface area contributed by atoms with Crippen LogP contribution in [0.3, 0.4) is 0 Å². The lowest BCUT2D eigenvalue weighted by Gasteiger charge is -2.22. The van der Waals surface area contributed by atoms with Gasteiger partial charge in [-0.25, -0.2) is 0 Å². The molecule has 2 atom stereocenters. The summed E-state index contributed by atoms with van der Waals surface area (Å²) in [6, 6.07) is 3.70. The summed E-state index contributed by atoms with van der Waals surface area (Å²) in [7, 11) is 0. The lowest BCUT2D eigenvalue weighted by molar-refractivity contribution is -0.385. The highest BCUT2D eigenvalue weighted by Crippen LogP contribution is 2.31. The molecule has 0 spiro atoms. The zero-order valence-corrected chi connectivity index (χ0v) is 12.7. The third kappa shape index (κ3) is 3.45. The van der Waals surface area contributed by atoms with Crippen LogP contribution in [0.2, 0.25) is 0 Å². The summed E-state index contributed by atoms with van der Waals surface area (Å²) < 4.78 is 0.731. The lowest BCUT2D eigenvalue weighted by atomic mass is 10.0. The number of rotatable bonds is 5. The number of hydrogen-bond donors (Lipinski definition) is 1. The predicted octanol–water partition coefficient (Wildman–Crippen LogP) is 4.51. The number of benzene rings is 1. The number of halogens is 1. The molecule has 2 unspecified atom stereocenters. The van der Waals surface area contributed by atoms with Gasteiger partial charge >= 0.3 is 0 Å². The van der Waals surface area contributed by atoms with Crippen molar-refractivity contribution in [2.24, 2.45) is 5.92 Å². The van der Waals surface area contributed by atoms with Crippen LogP contribution in [-0.4, -0.2) is 11.0 Å². The maximum absolute atomic E-state index is 10.8. The topological polar surface area (TPSA) is 55.2 Å². The van der Waals surface area contributed by atoms with Gasteiger partial charge < -0.3 is 5.32 Å². The number of nitrogens with one attached hydrogen (secondary N) is 1. The molecule has 0 aliphatic rings. The molecule has 0 saturated heterocycles. The quantitative estimate of drug-likeness (QED) is 0.642. The minimum Gasteiger partial charge on any atom is -0.381 e. The monoisotopic (exact) mass is 314 g/mol.